The lowest BCUT2D eigenvalue weighted by Gasteiger charge is -2.05. The Kier molecular flexibility index (Phi) is 5.11. The highest BCUT2D eigenvalue weighted by Crippen LogP contribution is 2.30. The van der Waals surface area contributed by atoms with Gasteiger partial charge in [0.05, 0.1) is 11.1 Å². The molecule has 27 heavy (non-hydrogen) atoms. The fourth-order valence-electron chi connectivity index (χ4n) is 2.28. The molecule has 9 nitrogen and oxygen atoms in total. The van der Waals surface area contributed by atoms with Crippen LogP contribution >= 0.6 is 0 Å². The van der Waals surface area contributed by atoms with Crippen LogP contribution in [0.3, 0.4) is 0 Å². The maximum atomic E-state index is 12.1. The molecule has 2 aromatic rings. The summed E-state index contributed by atoms with van der Waals surface area (Å²) < 4.78 is 0. The number of carbonyl (C=O) groups excluding carboxylic acids is 2. The molecule has 0 atom stereocenters. The van der Waals surface area contributed by atoms with E-state index in [2.05, 4.69) is 15.8 Å². The molecule has 1 saturated carbocycles. The van der Waals surface area contributed by atoms with Crippen LogP contribution in [0.1, 0.15) is 28.8 Å². The number of carbonyl (C=O) groups is 2. The summed E-state index contributed by atoms with van der Waals surface area (Å²) in [5.74, 6) is -0.633. The maximum Gasteiger partial charge on any atom is 0.271 e. The number of rotatable bonds is 6. The molecule has 2 aromatic carbocycles. The fraction of sp³-hybridized carbons (Fsp3) is 0.167. The number of non-ortho nitro benzene ring substituents is 1. The van der Waals surface area contributed by atoms with Crippen molar-refractivity contribution in [3.63, 3.8) is 0 Å². The number of hydrogen-bond acceptors (Lipinski definition) is 6. The highest BCUT2D eigenvalue weighted by Gasteiger charge is 2.29. The van der Waals surface area contributed by atoms with E-state index in [1.165, 1.54) is 18.2 Å². The van der Waals surface area contributed by atoms with E-state index in [1.54, 1.807) is 12.1 Å². The third-order valence-corrected chi connectivity index (χ3v) is 3.95. The van der Waals surface area contributed by atoms with Gasteiger partial charge in [-0.05, 0) is 43.2 Å². The molecule has 0 heterocycles. The van der Waals surface area contributed by atoms with Crippen LogP contribution in [0.15, 0.2) is 47.6 Å². The molecular weight excluding hydrogens is 352 g/mol. The van der Waals surface area contributed by atoms with E-state index >= 15 is 0 Å². The Morgan fingerprint density at radius 3 is 2.52 bits per heavy atom. The third kappa shape index (κ3) is 4.66. The average molecular weight is 368 g/mol. The van der Waals surface area contributed by atoms with Gasteiger partial charge in [-0.3, -0.25) is 19.7 Å². The molecule has 3 rings (SSSR count). The lowest BCUT2D eigenvalue weighted by atomic mass is 10.2. The molecular formula is C18H16N4O5. The Hall–Kier alpha value is -3.75. The summed E-state index contributed by atoms with van der Waals surface area (Å²) in [6.07, 6.45) is 2.93. The lowest BCUT2D eigenvalue weighted by Crippen LogP contribution is -2.18. The van der Waals surface area contributed by atoms with E-state index in [0.717, 1.165) is 31.2 Å². The van der Waals surface area contributed by atoms with Crippen LogP contribution in [0.5, 0.6) is 5.75 Å². The lowest BCUT2D eigenvalue weighted by molar-refractivity contribution is -0.384. The first kappa shape index (κ1) is 18.1. The SMILES string of the molecule is O=C(N/N=C/c1cc([N+](=O)[O-])ccc1O)c1ccc(NC(=O)C2CC2)cc1. The van der Waals surface area contributed by atoms with Crippen LogP contribution in [-0.2, 0) is 4.79 Å². The molecule has 1 aliphatic carbocycles. The molecule has 2 amide bonds. The van der Waals surface area contributed by atoms with Crippen LogP contribution in [0.25, 0.3) is 0 Å². The van der Waals surface area contributed by atoms with Gasteiger partial charge in [-0.15, -0.1) is 0 Å². The predicted molar refractivity (Wildman–Crippen MR) is 97.6 cm³/mol. The molecule has 0 spiro atoms. The van der Waals surface area contributed by atoms with Crippen LogP contribution in [0.4, 0.5) is 11.4 Å². The zero-order valence-corrected chi connectivity index (χ0v) is 14.1. The number of aromatic hydroxyl groups is 1. The average Bonchev–Trinajstić information content (AvgIpc) is 3.49. The molecule has 3 N–H and O–H groups in total. The standard InChI is InChI=1S/C18H16N4O5/c23-16-8-7-15(22(26)27)9-13(16)10-19-21-18(25)12-3-5-14(6-4-12)20-17(24)11-1-2-11/h3-11,23H,1-2H2,(H,20,24)(H,21,25)/b19-10+. The third-order valence-electron chi connectivity index (χ3n) is 3.95. The Labute approximate surface area is 153 Å². The normalized spacial score (nSPS) is 13.3. The number of phenols is 1. The van der Waals surface area contributed by atoms with Gasteiger partial charge >= 0.3 is 0 Å². The first-order chi connectivity index (χ1) is 12.9. The molecule has 9 heteroatoms. The maximum absolute atomic E-state index is 12.1. The molecule has 0 saturated heterocycles. The summed E-state index contributed by atoms with van der Waals surface area (Å²) in [5, 5.41) is 26.9. The first-order valence-electron chi connectivity index (χ1n) is 8.16. The van der Waals surface area contributed by atoms with Gasteiger partial charge in [-0.2, -0.15) is 5.10 Å². The predicted octanol–water partition coefficient (Wildman–Crippen LogP) is 2.41. The Bertz CT molecular complexity index is 920. The van der Waals surface area contributed by atoms with E-state index in [4.69, 9.17) is 0 Å². The van der Waals surface area contributed by atoms with E-state index in [1.807, 2.05) is 0 Å². The Morgan fingerprint density at radius 1 is 1.19 bits per heavy atom. The van der Waals surface area contributed by atoms with E-state index in [0.29, 0.717) is 11.3 Å². The summed E-state index contributed by atoms with van der Waals surface area (Å²) in [7, 11) is 0. The molecule has 1 aliphatic rings. The molecule has 0 aliphatic heterocycles. The quantitative estimate of drug-likeness (QED) is 0.409. The van der Waals surface area contributed by atoms with E-state index in [9.17, 15) is 24.8 Å². The van der Waals surface area contributed by atoms with Gasteiger partial charge < -0.3 is 10.4 Å². The molecule has 0 bridgehead atoms. The molecule has 138 valence electrons. The summed E-state index contributed by atoms with van der Waals surface area (Å²) >= 11 is 0. The number of hydrazone groups is 1. The van der Waals surface area contributed by atoms with Gasteiger partial charge in [-0.25, -0.2) is 5.43 Å². The van der Waals surface area contributed by atoms with Crippen molar-refractivity contribution in [2.45, 2.75) is 12.8 Å². The number of amides is 2. The number of hydrogen-bond donors (Lipinski definition) is 3. The minimum absolute atomic E-state index is 0.0198. The van der Waals surface area contributed by atoms with Crippen molar-refractivity contribution in [2.24, 2.45) is 11.0 Å². The second-order valence-electron chi connectivity index (χ2n) is 6.04. The highest BCUT2D eigenvalue weighted by molar-refractivity contribution is 5.97. The van der Waals surface area contributed by atoms with Crippen molar-refractivity contribution in [2.75, 3.05) is 5.32 Å². The minimum Gasteiger partial charge on any atom is -0.507 e. The van der Waals surface area contributed by atoms with Crippen molar-refractivity contribution in [3.05, 3.63) is 63.7 Å². The fourth-order valence-corrected chi connectivity index (χ4v) is 2.28. The zero-order valence-electron chi connectivity index (χ0n) is 14.1. The van der Waals surface area contributed by atoms with Crippen molar-refractivity contribution >= 4 is 29.4 Å². The van der Waals surface area contributed by atoms with E-state index in [-0.39, 0.29) is 28.8 Å². The number of nitrogens with zero attached hydrogens (tertiary/aromatic N) is 2. The highest BCUT2D eigenvalue weighted by atomic mass is 16.6. The van der Waals surface area contributed by atoms with Crippen molar-refractivity contribution < 1.29 is 19.6 Å². The monoisotopic (exact) mass is 368 g/mol. The molecule has 1 fully saturated rings. The van der Waals surface area contributed by atoms with Crippen molar-refractivity contribution in [1.82, 2.24) is 5.43 Å². The van der Waals surface area contributed by atoms with Gasteiger partial charge in [0, 0.05) is 34.9 Å². The van der Waals surface area contributed by atoms with Crippen molar-refractivity contribution in [1.29, 1.82) is 0 Å². The molecule has 0 aromatic heterocycles. The van der Waals surface area contributed by atoms with E-state index < -0.39 is 10.8 Å². The number of anilines is 1. The van der Waals surface area contributed by atoms with Gasteiger partial charge in [0.2, 0.25) is 5.91 Å². The second kappa shape index (κ2) is 7.65. The van der Waals surface area contributed by atoms with Crippen LogP contribution in [0.2, 0.25) is 0 Å². The number of nitro benzene ring substituents is 1. The smallest absolute Gasteiger partial charge is 0.271 e. The number of phenolic OH excluding ortho intramolecular Hbond substituents is 1. The summed E-state index contributed by atoms with van der Waals surface area (Å²) in [6, 6.07) is 9.79. The van der Waals surface area contributed by atoms with Crippen LogP contribution in [-0.4, -0.2) is 28.1 Å². The Balaban J connectivity index is 1.60. The van der Waals surface area contributed by atoms with Crippen LogP contribution in [0, 0.1) is 16.0 Å². The van der Waals surface area contributed by atoms with Gasteiger partial charge in [0.1, 0.15) is 5.75 Å². The summed E-state index contributed by atoms with van der Waals surface area (Å²) in [6.45, 7) is 0. The largest absolute Gasteiger partial charge is 0.507 e. The molecule has 0 radical (unpaired) electrons. The zero-order chi connectivity index (χ0) is 19.4. The number of nitrogens with one attached hydrogen (secondary N) is 2. The number of nitro groups is 1. The summed E-state index contributed by atoms with van der Waals surface area (Å²) in [4.78, 5) is 33.9. The molecule has 0 unspecified atom stereocenters. The van der Waals surface area contributed by atoms with Gasteiger partial charge in [0.15, 0.2) is 0 Å². The van der Waals surface area contributed by atoms with Crippen molar-refractivity contribution in [3.8, 4) is 5.75 Å². The second-order valence-corrected chi connectivity index (χ2v) is 6.04. The topological polar surface area (TPSA) is 134 Å². The minimum atomic E-state index is -0.598. The van der Waals surface area contributed by atoms with Gasteiger partial charge in [-0.1, -0.05) is 0 Å². The first-order valence-corrected chi connectivity index (χ1v) is 8.16. The van der Waals surface area contributed by atoms with Gasteiger partial charge in [0.25, 0.3) is 11.6 Å². The summed E-state index contributed by atoms with van der Waals surface area (Å²) in [5.41, 5.74) is 3.09. The Morgan fingerprint density at radius 2 is 1.89 bits per heavy atom. The number of benzene rings is 2. The van der Waals surface area contributed by atoms with Crippen LogP contribution < -0.4 is 10.7 Å².